The smallest absolute Gasteiger partial charge is 0.316 e. The first kappa shape index (κ1) is 20.6. The monoisotopic (exact) mass is 378 g/mol. The molecular formula is C17H15BF4N4O. The van der Waals surface area contributed by atoms with Gasteiger partial charge in [0.25, 0.3) is 0 Å². The first-order chi connectivity index (χ1) is 12.7. The van der Waals surface area contributed by atoms with Crippen molar-refractivity contribution in [2.45, 2.75) is 19.6 Å². The summed E-state index contributed by atoms with van der Waals surface area (Å²) in [5, 5.41) is 6.65. The molecule has 5 nitrogen and oxygen atoms in total. The molecule has 3 rings (SSSR count). The average Bonchev–Trinajstić information content (AvgIpc) is 2.97. The highest BCUT2D eigenvalue weighted by Crippen LogP contribution is 2.32. The molecule has 0 unspecified atom stereocenters. The van der Waals surface area contributed by atoms with Crippen LogP contribution < -0.4 is 10.8 Å². The number of carbonyl (C=O) groups excluding carboxylic acids is 1. The molecule has 0 saturated carbocycles. The Morgan fingerprint density at radius 1 is 1.33 bits per heavy atom. The van der Waals surface area contributed by atoms with E-state index >= 15 is 0 Å². The number of rotatable bonds is 3. The second-order valence-electron chi connectivity index (χ2n) is 5.58. The van der Waals surface area contributed by atoms with E-state index in [0.29, 0.717) is 22.5 Å². The first-order valence-electron chi connectivity index (χ1n) is 7.74. The Morgan fingerprint density at radius 2 is 2.04 bits per heavy atom. The van der Waals surface area contributed by atoms with Gasteiger partial charge in [-0.1, -0.05) is 23.7 Å². The van der Waals surface area contributed by atoms with Crippen LogP contribution >= 0.6 is 0 Å². The zero-order valence-corrected chi connectivity index (χ0v) is 14.5. The van der Waals surface area contributed by atoms with Crippen molar-refractivity contribution < 1.29 is 22.4 Å². The van der Waals surface area contributed by atoms with Crippen molar-refractivity contribution in [2.75, 3.05) is 7.05 Å². The number of fused-ring (bicyclic) bond motifs is 1. The summed E-state index contributed by atoms with van der Waals surface area (Å²) in [6, 6.07) is 4.82. The maximum absolute atomic E-state index is 13.2. The van der Waals surface area contributed by atoms with Gasteiger partial charge in [-0.2, -0.15) is 18.3 Å². The van der Waals surface area contributed by atoms with Crippen LogP contribution in [0, 0.1) is 12.7 Å². The second-order valence-corrected chi connectivity index (χ2v) is 5.58. The van der Waals surface area contributed by atoms with E-state index in [1.165, 1.54) is 16.6 Å². The quantitative estimate of drug-likeness (QED) is 0.432. The normalized spacial score (nSPS) is 11.2. The molecule has 0 aliphatic carbocycles. The molecule has 0 aliphatic rings. The number of alkyl halides is 3. The highest BCUT2D eigenvalue weighted by Gasteiger charge is 2.34. The molecule has 0 saturated heterocycles. The summed E-state index contributed by atoms with van der Waals surface area (Å²) in [4.78, 5) is 14.6. The predicted octanol–water partition coefficient (Wildman–Crippen LogP) is 2.21. The van der Waals surface area contributed by atoms with Crippen LogP contribution in [0.15, 0.2) is 30.5 Å². The summed E-state index contributed by atoms with van der Waals surface area (Å²) in [7, 11) is 7.21. The molecule has 0 atom stereocenters. The van der Waals surface area contributed by atoms with Crippen molar-refractivity contribution in [1.82, 2.24) is 19.9 Å². The summed E-state index contributed by atoms with van der Waals surface area (Å²) in [5.41, 5.74) is 0.343. The molecule has 10 heteroatoms. The number of aldehydes is 1. The van der Waals surface area contributed by atoms with Gasteiger partial charge in [0, 0.05) is 23.9 Å². The molecule has 1 N–H and O–H groups in total. The van der Waals surface area contributed by atoms with Crippen LogP contribution in [0.4, 0.5) is 17.6 Å². The lowest BCUT2D eigenvalue weighted by molar-refractivity contribution is -0.140. The van der Waals surface area contributed by atoms with Crippen LogP contribution in [0.2, 0.25) is 0 Å². The summed E-state index contributed by atoms with van der Waals surface area (Å²) in [5.74, 6) is -0.566. The second kappa shape index (κ2) is 8.30. The number of nitrogens with zero attached hydrogens (tertiary/aromatic N) is 3. The van der Waals surface area contributed by atoms with Crippen LogP contribution in [0.5, 0.6) is 0 Å². The SMILES string of the molecule is CNCc1cccc(C(F)(F)F)c1F.[B]c1cc(C=O)cn2nc(C)nc12. The molecule has 3 aromatic rings. The Hall–Kier alpha value is -2.75. The van der Waals surface area contributed by atoms with Gasteiger partial charge in [-0.15, -0.1) is 0 Å². The van der Waals surface area contributed by atoms with Crippen LogP contribution in [0.1, 0.15) is 27.3 Å². The van der Waals surface area contributed by atoms with E-state index in [9.17, 15) is 22.4 Å². The number of benzene rings is 1. The van der Waals surface area contributed by atoms with E-state index in [1.807, 2.05) is 0 Å². The topological polar surface area (TPSA) is 59.3 Å². The molecule has 1 aromatic carbocycles. The highest BCUT2D eigenvalue weighted by molar-refractivity contribution is 6.36. The van der Waals surface area contributed by atoms with Gasteiger partial charge in [0.1, 0.15) is 25.1 Å². The Bertz CT molecular complexity index is 956. The van der Waals surface area contributed by atoms with Crippen LogP contribution in [0.25, 0.3) is 5.65 Å². The Labute approximate surface area is 153 Å². The van der Waals surface area contributed by atoms with Crippen LogP contribution in [-0.2, 0) is 12.7 Å². The van der Waals surface area contributed by atoms with Crippen molar-refractivity contribution in [3.8, 4) is 0 Å². The lowest BCUT2D eigenvalue weighted by Gasteiger charge is -2.10. The van der Waals surface area contributed by atoms with Gasteiger partial charge in [-0.25, -0.2) is 13.9 Å². The molecule has 0 amide bonds. The molecule has 140 valence electrons. The number of halogens is 4. The minimum atomic E-state index is -4.63. The molecule has 27 heavy (non-hydrogen) atoms. The predicted molar refractivity (Wildman–Crippen MR) is 92.7 cm³/mol. The number of hydrogen-bond donors (Lipinski definition) is 1. The van der Waals surface area contributed by atoms with Gasteiger partial charge < -0.3 is 5.32 Å². The molecule has 2 aromatic heterocycles. The largest absolute Gasteiger partial charge is 0.419 e. The van der Waals surface area contributed by atoms with Crippen molar-refractivity contribution in [1.29, 1.82) is 0 Å². The molecule has 2 radical (unpaired) electrons. The lowest BCUT2D eigenvalue weighted by Crippen LogP contribution is -2.13. The van der Waals surface area contributed by atoms with Crippen LogP contribution in [0.3, 0.4) is 0 Å². The fourth-order valence-corrected chi connectivity index (χ4v) is 2.33. The van der Waals surface area contributed by atoms with Crippen molar-refractivity contribution in [3.63, 3.8) is 0 Å². The fourth-order valence-electron chi connectivity index (χ4n) is 2.33. The molecule has 2 heterocycles. The summed E-state index contributed by atoms with van der Waals surface area (Å²) < 4.78 is 51.3. The van der Waals surface area contributed by atoms with E-state index < -0.39 is 17.6 Å². The summed E-state index contributed by atoms with van der Waals surface area (Å²) in [6.45, 7) is 1.85. The number of nitrogens with one attached hydrogen (secondary N) is 1. The third-order valence-electron chi connectivity index (χ3n) is 3.48. The Morgan fingerprint density at radius 3 is 2.63 bits per heavy atom. The van der Waals surface area contributed by atoms with Gasteiger partial charge in [0.15, 0.2) is 6.29 Å². The van der Waals surface area contributed by atoms with Crippen molar-refractivity contribution in [3.05, 3.63) is 58.8 Å². The molecule has 0 spiro atoms. The van der Waals surface area contributed by atoms with E-state index in [-0.39, 0.29) is 12.1 Å². The van der Waals surface area contributed by atoms with E-state index in [1.54, 1.807) is 26.2 Å². The van der Waals surface area contributed by atoms with Crippen molar-refractivity contribution in [2.24, 2.45) is 0 Å². The highest BCUT2D eigenvalue weighted by atomic mass is 19.4. The first-order valence-corrected chi connectivity index (χ1v) is 7.74. The van der Waals surface area contributed by atoms with E-state index in [0.717, 1.165) is 12.4 Å². The van der Waals surface area contributed by atoms with Gasteiger partial charge in [-0.3, -0.25) is 4.79 Å². The number of pyridine rings is 1. The average molecular weight is 378 g/mol. The maximum Gasteiger partial charge on any atom is 0.419 e. The third-order valence-corrected chi connectivity index (χ3v) is 3.48. The van der Waals surface area contributed by atoms with Gasteiger partial charge in [-0.05, 0) is 20.0 Å². The van der Waals surface area contributed by atoms with Gasteiger partial charge >= 0.3 is 6.18 Å². The molecule has 0 fully saturated rings. The number of aryl methyl sites for hydroxylation is 1. The van der Waals surface area contributed by atoms with E-state index in [4.69, 9.17) is 7.85 Å². The minimum absolute atomic E-state index is 0.0160. The number of carbonyl (C=O) groups is 1. The third kappa shape index (κ3) is 4.91. The maximum atomic E-state index is 13.2. The number of hydrogen-bond acceptors (Lipinski definition) is 4. The standard InChI is InChI=1S/C9H9F4N.C8H6BN3O/c1-14-5-6-3-2-4-7(8(6)10)9(11,12)13;1-5-10-8-7(9)2-6(4-13)3-12(8)11-5/h2-4,14H,5H2,1H3;2-4H,1H3. The molecular weight excluding hydrogens is 363 g/mol. The minimum Gasteiger partial charge on any atom is -0.316 e. The zero-order chi connectivity index (χ0) is 20.2. The summed E-state index contributed by atoms with van der Waals surface area (Å²) >= 11 is 0. The van der Waals surface area contributed by atoms with E-state index in [2.05, 4.69) is 15.4 Å². The van der Waals surface area contributed by atoms with Crippen molar-refractivity contribution >= 4 is 25.2 Å². The van der Waals surface area contributed by atoms with Crippen LogP contribution in [-0.4, -0.2) is 35.8 Å². The lowest BCUT2D eigenvalue weighted by atomic mass is 9.96. The van der Waals surface area contributed by atoms with Gasteiger partial charge in [0.05, 0.1) is 5.56 Å². The summed E-state index contributed by atoms with van der Waals surface area (Å²) in [6.07, 6.45) is -2.31. The molecule has 0 bridgehead atoms. The fraction of sp³-hybridized carbons (Fsp3) is 0.235. The zero-order valence-electron chi connectivity index (χ0n) is 14.5. The van der Waals surface area contributed by atoms with Gasteiger partial charge in [0.2, 0.25) is 0 Å². The Balaban J connectivity index is 0.000000194. The number of aromatic nitrogens is 3. The Kier molecular flexibility index (Phi) is 6.32. The molecule has 0 aliphatic heterocycles.